The first-order valence-electron chi connectivity index (χ1n) is 5.00. The van der Waals surface area contributed by atoms with Crippen LogP contribution >= 0.6 is 11.3 Å². The fraction of sp³-hybridized carbons (Fsp3) is 0.200. The van der Waals surface area contributed by atoms with Gasteiger partial charge in [-0.25, -0.2) is 9.97 Å². The van der Waals surface area contributed by atoms with Gasteiger partial charge in [-0.05, 0) is 18.4 Å². The van der Waals surface area contributed by atoms with Crippen LogP contribution in [0, 0.1) is 10.1 Å². The van der Waals surface area contributed by atoms with Crippen LogP contribution in [0.2, 0.25) is 0 Å². The van der Waals surface area contributed by atoms with Crippen molar-refractivity contribution in [3.8, 4) is 11.3 Å². The van der Waals surface area contributed by atoms with Crippen molar-refractivity contribution in [2.45, 2.75) is 6.92 Å². The summed E-state index contributed by atoms with van der Waals surface area (Å²) in [6.07, 6.45) is 1.23. The number of rotatable bonds is 4. The third kappa shape index (κ3) is 2.39. The predicted molar refractivity (Wildman–Crippen MR) is 66.2 cm³/mol. The second-order valence-corrected chi connectivity index (χ2v) is 4.01. The summed E-state index contributed by atoms with van der Waals surface area (Å²) in [5.74, 6) is 0.402. The van der Waals surface area contributed by atoms with Crippen molar-refractivity contribution in [2.75, 3.05) is 11.9 Å². The van der Waals surface area contributed by atoms with E-state index in [0.29, 0.717) is 18.2 Å². The molecule has 1 N–H and O–H groups in total. The van der Waals surface area contributed by atoms with E-state index in [2.05, 4.69) is 15.3 Å². The van der Waals surface area contributed by atoms with Crippen molar-refractivity contribution in [2.24, 2.45) is 0 Å². The molecule has 0 amide bonds. The van der Waals surface area contributed by atoms with E-state index in [1.807, 2.05) is 17.7 Å². The van der Waals surface area contributed by atoms with Gasteiger partial charge < -0.3 is 5.32 Å². The SMILES string of the molecule is CCNc1ncc([N+](=O)[O-])c(-c2ccsc2)n1. The van der Waals surface area contributed by atoms with Gasteiger partial charge in [0, 0.05) is 17.5 Å². The molecule has 0 atom stereocenters. The molecule has 0 aromatic carbocycles. The van der Waals surface area contributed by atoms with Crippen LogP contribution in [0.5, 0.6) is 0 Å². The molecule has 0 spiro atoms. The maximum Gasteiger partial charge on any atom is 0.313 e. The molecule has 2 heterocycles. The first-order valence-corrected chi connectivity index (χ1v) is 5.94. The van der Waals surface area contributed by atoms with Crippen LogP contribution in [0.15, 0.2) is 23.0 Å². The number of nitro groups is 1. The molecular weight excluding hydrogens is 240 g/mol. The molecule has 2 rings (SSSR count). The molecule has 88 valence electrons. The van der Waals surface area contributed by atoms with E-state index in [-0.39, 0.29) is 5.69 Å². The van der Waals surface area contributed by atoms with Gasteiger partial charge in [0.15, 0.2) is 5.69 Å². The number of hydrogen-bond acceptors (Lipinski definition) is 6. The van der Waals surface area contributed by atoms with Gasteiger partial charge in [-0.2, -0.15) is 11.3 Å². The minimum atomic E-state index is -0.470. The van der Waals surface area contributed by atoms with Gasteiger partial charge in [-0.15, -0.1) is 0 Å². The number of thiophene rings is 1. The van der Waals surface area contributed by atoms with Crippen molar-refractivity contribution in [1.82, 2.24) is 9.97 Å². The Morgan fingerprint density at radius 1 is 1.59 bits per heavy atom. The summed E-state index contributed by atoms with van der Waals surface area (Å²) in [6, 6.07) is 1.80. The molecule has 0 saturated carbocycles. The minimum absolute atomic E-state index is 0.0787. The second kappa shape index (κ2) is 4.88. The average Bonchev–Trinajstić information content (AvgIpc) is 2.82. The Morgan fingerprint density at radius 2 is 2.41 bits per heavy atom. The molecule has 0 aliphatic heterocycles. The van der Waals surface area contributed by atoms with Crippen LogP contribution in [-0.2, 0) is 0 Å². The highest BCUT2D eigenvalue weighted by molar-refractivity contribution is 7.08. The summed E-state index contributed by atoms with van der Waals surface area (Å²) in [7, 11) is 0. The predicted octanol–water partition coefficient (Wildman–Crippen LogP) is 2.55. The largest absolute Gasteiger partial charge is 0.354 e. The zero-order valence-corrected chi connectivity index (χ0v) is 9.90. The lowest BCUT2D eigenvalue weighted by Gasteiger charge is -2.04. The molecule has 17 heavy (non-hydrogen) atoms. The molecule has 2 aromatic heterocycles. The monoisotopic (exact) mass is 250 g/mol. The van der Waals surface area contributed by atoms with E-state index >= 15 is 0 Å². The van der Waals surface area contributed by atoms with Gasteiger partial charge in [0.05, 0.1) is 4.92 Å². The number of aromatic nitrogens is 2. The minimum Gasteiger partial charge on any atom is -0.354 e. The summed E-state index contributed by atoms with van der Waals surface area (Å²) in [4.78, 5) is 18.5. The third-order valence-corrected chi connectivity index (χ3v) is 2.78. The molecule has 6 nitrogen and oxygen atoms in total. The number of hydrogen-bond donors (Lipinski definition) is 1. The standard InChI is InChI=1S/C10H10N4O2S/c1-2-11-10-12-5-8(14(15)16)9(13-10)7-3-4-17-6-7/h3-6H,2H2,1H3,(H,11,12,13). The van der Waals surface area contributed by atoms with Crippen molar-refractivity contribution in [3.05, 3.63) is 33.1 Å². The lowest BCUT2D eigenvalue weighted by atomic mass is 10.2. The molecule has 0 saturated heterocycles. The summed E-state index contributed by atoms with van der Waals surface area (Å²) in [5.41, 5.74) is 1.01. The molecule has 2 aromatic rings. The van der Waals surface area contributed by atoms with E-state index in [4.69, 9.17) is 0 Å². The topological polar surface area (TPSA) is 81.0 Å². The Kier molecular flexibility index (Phi) is 3.29. The van der Waals surface area contributed by atoms with E-state index in [9.17, 15) is 10.1 Å². The highest BCUT2D eigenvalue weighted by Gasteiger charge is 2.18. The molecule has 0 aliphatic carbocycles. The molecule has 0 aliphatic rings. The Morgan fingerprint density at radius 3 is 3.00 bits per heavy atom. The fourth-order valence-electron chi connectivity index (χ4n) is 1.36. The smallest absolute Gasteiger partial charge is 0.313 e. The lowest BCUT2D eigenvalue weighted by molar-refractivity contribution is -0.384. The number of nitrogens with zero attached hydrogens (tertiary/aromatic N) is 3. The first kappa shape index (κ1) is 11.5. The van der Waals surface area contributed by atoms with Crippen LogP contribution in [0.4, 0.5) is 11.6 Å². The van der Waals surface area contributed by atoms with Crippen LogP contribution in [0.1, 0.15) is 6.92 Å². The summed E-state index contributed by atoms with van der Waals surface area (Å²) in [5, 5.41) is 17.5. The maximum atomic E-state index is 10.9. The van der Waals surface area contributed by atoms with Gasteiger partial charge in [-0.3, -0.25) is 10.1 Å². The van der Waals surface area contributed by atoms with E-state index in [1.165, 1.54) is 17.5 Å². The Balaban J connectivity index is 2.52. The maximum absolute atomic E-state index is 10.9. The van der Waals surface area contributed by atoms with Gasteiger partial charge in [0.2, 0.25) is 5.95 Å². The lowest BCUT2D eigenvalue weighted by Crippen LogP contribution is -2.04. The normalized spacial score (nSPS) is 10.2. The van der Waals surface area contributed by atoms with Crippen LogP contribution in [0.25, 0.3) is 11.3 Å². The van der Waals surface area contributed by atoms with Gasteiger partial charge in [-0.1, -0.05) is 0 Å². The zero-order valence-electron chi connectivity index (χ0n) is 9.08. The summed E-state index contributed by atoms with van der Waals surface area (Å²) in [6.45, 7) is 2.58. The molecule has 0 radical (unpaired) electrons. The number of nitrogens with one attached hydrogen (secondary N) is 1. The summed E-state index contributed by atoms with van der Waals surface area (Å²) >= 11 is 1.47. The van der Waals surface area contributed by atoms with Crippen molar-refractivity contribution < 1.29 is 4.92 Å². The second-order valence-electron chi connectivity index (χ2n) is 3.23. The Hall–Kier alpha value is -2.02. The van der Waals surface area contributed by atoms with E-state index in [1.54, 1.807) is 6.07 Å². The van der Waals surface area contributed by atoms with Gasteiger partial charge in [0.25, 0.3) is 0 Å². The number of anilines is 1. The van der Waals surface area contributed by atoms with E-state index < -0.39 is 4.92 Å². The first-order chi connectivity index (χ1) is 8.22. The van der Waals surface area contributed by atoms with E-state index in [0.717, 1.165) is 5.56 Å². The molecule has 7 heteroatoms. The van der Waals surface area contributed by atoms with Crippen LogP contribution in [-0.4, -0.2) is 21.4 Å². The quantitative estimate of drug-likeness (QED) is 0.666. The highest BCUT2D eigenvalue weighted by atomic mass is 32.1. The third-order valence-electron chi connectivity index (χ3n) is 2.10. The highest BCUT2D eigenvalue weighted by Crippen LogP contribution is 2.29. The van der Waals surface area contributed by atoms with Gasteiger partial charge >= 0.3 is 5.69 Å². The molecule has 0 fully saturated rings. The molecular formula is C10H10N4O2S. The van der Waals surface area contributed by atoms with Crippen molar-refractivity contribution in [3.63, 3.8) is 0 Å². The fourth-order valence-corrected chi connectivity index (χ4v) is 2.00. The van der Waals surface area contributed by atoms with Crippen molar-refractivity contribution >= 4 is 23.0 Å². The Labute approximate surface area is 102 Å². The Bertz CT molecular complexity index is 527. The van der Waals surface area contributed by atoms with Crippen LogP contribution in [0.3, 0.4) is 0 Å². The van der Waals surface area contributed by atoms with Crippen LogP contribution < -0.4 is 5.32 Å². The average molecular weight is 250 g/mol. The summed E-state index contributed by atoms with van der Waals surface area (Å²) < 4.78 is 0. The zero-order chi connectivity index (χ0) is 12.3. The molecule has 0 bridgehead atoms. The molecule has 0 unspecified atom stereocenters. The van der Waals surface area contributed by atoms with Gasteiger partial charge in [0.1, 0.15) is 6.20 Å². The van der Waals surface area contributed by atoms with Crippen molar-refractivity contribution in [1.29, 1.82) is 0 Å².